The van der Waals surface area contributed by atoms with E-state index in [1.807, 2.05) is 0 Å². The molecule has 92 valence electrons. The van der Waals surface area contributed by atoms with Crippen molar-refractivity contribution in [2.45, 2.75) is 39.8 Å². The van der Waals surface area contributed by atoms with Crippen LogP contribution in [0.3, 0.4) is 0 Å². The van der Waals surface area contributed by atoms with Crippen molar-refractivity contribution >= 4 is 11.6 Å². The third kappa shape index (κ3) is 5.40. The average Bonchev–Trinajstić information content (AvgIpc) is 2.16. The van der Waals surface area contributed by atoms with Crippen molar-refractivity contribution in [3.63, 3.8) is 0 Å². The van der Waals surface area contributed by atoms with Gasteiger partial charge in [-0.05, 0) is 30.2 Å². The van der Waals surface area contributed by atoms with Crippen LogP contribution in [0.4, 0.5) is 13.2 Å². The van der Waals surface area contributed by atoms with Crippen LogP contribution in [0, 0.1) is 0 Å². The Hall–Kier alpha value is -0.700. The predicted molar refractivity (Wildman–Crippen MR) is 61.8 cm³/mol. The summed E-state index contributed by atoms with van der Waals surface area (Å²) in [5.41, 5.74) is -0.0864. The van der Waals surface area contributed by atoms with Gasteiger partial charge in [-0.2, -0.15) is 13.2 Å². The lowest BCUT2D eigenvalue weighted by Crippen LogP contribution is -2.05. The third-order valence-electron chi connectivity index (χ3n) is 1.69. The zero-order chi connectivity index (χ0) is 12.8. The molecule has 0 aliphatic carbocycles. The Morgan fingerprint density at radius 1 is 1.06 bits per heavy atom. The fraction of sp³-hybridized carbons (Fsp3) is 0.500. The molecule has 0 aliphatic heterocycles. The van der Waals surface area contributed by atoms with Crippen molar-refractivity contribution in [1.29, 1.82) is 0 Å². The van der Waals surface area contributed by atoms with Gasteiger partial charge in [0.15, 0.2) is 0 Å². The summed E-state index contributed by atoms with van der Waals surface area (Å²) in [5.74, 6) is 0. The number of benzene rings is 1. The minimum absolute atomic E-state index is 0.131. The van der Waals surface area contributed by atoms with E-state index in [1.165, 1.54) is 12.5 Å². The van der Waals surface area contributed by atoms with Crippen LogP contribution >= 0.6 is 11.6 Å². The van der Waals surface area contributed by atoms with Crippen molar-refractivity contribution in [2.75, 3.05) is 0 Å². The standard InChI is InChI=1S/C9H8ClF3.C3H8/c1-2-6-3-7(9(11,12)13)5-8(10)4-6;1-3-2/h3-5H,2H2,1H3;3H2,1-2H3. The predicted octanol–water partition coefficient (Wildman–Crippen LogP) is 5.34. The van der Waals surface area contributed by atoms with Crippen LogP contribution in [0.5, 0.6) is 0 Å². The molecule has 0 spiro atoms. The van der Waals surface area contributed by atoms with E-state index in [0.29, 0.717) is 12.0 Å². The van der Waals surface area contributed by atoms with Crippen LogP contribution in [-0.4, -0.2) is 0 Å². The van der Waals surface area contributed by atoms with Gasteiger partial charge in [0.2, 0.25) is 0 Å². The van der Waals surface area contributed by atoms with Gasteiger partial charge in [0.1, 0.15) is 0 Å². The van der Waals surface area contributed by atoms with Crippen molar-refractivity contribution in [3.8, 4) is 0 Å². The van der Waals surface area contributed by atoms with Crippen LogP contribution in [0.2, 0.25) is 5.02 Å². The maximum Gasteiger partial charge on any atom is 0.416 e. The first-order valence-corrected chi connectivity index (χ1v) is 5.59. The maximum atomic E-state index is 12.2. The highest BCUT2D eigenvalue weighted by molar-refractivity contribution is 6.30. The fourth-order valence-electron chi connectivity index (χ4n) is 1.02. The third-order valence-corrected chi connectivity index (χ3v) is 1.91. The number of rotatable bonds is 1. The molecule has 0 amide bonds. The largest absolute Gasteiger partial charge is 0.416 e. The molecule has 0 aliphatic rings. The van der Waals surface area contributed by atoms with Gasteiger partial charge in [0, 0.05) is 5.02 Å². The molecule has 0 saturated carbocycles. The zero-order valence-corrected chi connectivity index (χ0v) is 10.4. The number of aryl methyl sites for hydroxylation is 1. The summed E-state index contributed by atoms with van der Waals surface area (Å²) in [5, 5.41) is 0.131. The summed E-state index contributed by atoms with van der Waals surface area (Å²) >= 11 is 5.53. The SMILES string of the molecule is CCC.CCc1cc(Cl)cc(C(F)(F)F)c1. The van der Waals surface area contributed by atoms with Gasteiger partial charge in [-0.15, -0.1) is 0 Å². The van der Waals surface area contributed by atoms with E-state index in [9.17, 15) is 13.2 Å². The minimum atomic E-state index is -4.31. The lowest BCUT2D eigenvalue weighted by molar-refractivity contribution is -0.137. The highest BCUT2D eigenvalue weighted by Crippen LogP contribution is 2.31. The summed E-state index contributed by atoms with van der Waals surface area (Å²) in [4.78, 5) is 0. The van der Waals surface area contributed by atoms with Crippen molar-refractivity contribution < 1.29 is 13.2 Å². The summed E-state index contributed by atoms with van der Waals surface area (Å²) in [6.07, 6.45) is -2.52. The first-order chi connectivity index (χ1) is 7.35. The van der Waals surface area contributed by atoms with Gasteiger partial charge < -0.3 is 0 Å². The highest BCUT2D eigenvalue weighted by atomic mass is 35.5. The second-order valence-electron chi connectivity index (χ2n) is 3.41. The highest BCUT2D eigenvalue weighted by Gasteiger charge is 2.30. The topological polar surface area (TPSA) is 0 Å². The lowest BCUT2D eigenvalue weighted by Gasteiger charge is -2.08. The number of hydrogen-bond donors (Lipinski definition) is 0. The number of hydrogen-bond acceptors (Lipinski definition) is 0. The van der Waals surface area contributed by atoms with E-state index in [-0.39, 0.29) is 5.02 Å². The van der Waals surface area contributed by atoms with Gasteiger partial charge in [-0.1, -0.05) is 38.8 Å². The minimum Gasteiger partial charge on any atom is -0.166 e. The van der Waals surface area contributed by atoms with Crippen LogP contribution in [-0.2, 0) is 12.6 Å². The Kier molecular flexibility index (Phi) is 6.49. The van der Waals surface area contributed by atoms with E-state index in [4.69, 9.17) is 11.6 Å². The van der Waals surface area contributed by atoms with Crippen molar-refractivity contribution in [3.05, 3.63) is 34.3 Å². The molecule has 0 heterocycles. The van der Waals surface area contributed by atoms with E-state index >= 15 is 0 Å². The number of halogens is 4. The first-order valence-electron chi connectivity index (χ1n) is 5.21. The maximum absolute atomic E-state index is 12.2. The molecule has 0 saturated heterocycles. The molecule has 0 N–H and O–H groups in total. The summed E-state index contributed by atoms with van der Waals surface area (Å²) < 4.78 is 36.7. The van der Waals surface area contributed by atoms with Crippen molar-refractivity contribution in [1.82, 2.24) is 0 Å². The van der Waals surface area contributed by atoms with E-state index in [2.05, 4.69) is 13.8 Å². The van der Waals surface area contributed by atoms with Gasteiger partial charge in [0.25, 0.3) is 0 Å². The molecular weight excluding hydrogens is 237 g/mol. The van der Waals surface area contributed by atoms with E-state index < -0.39 is 11.7 Å². The molecule has 0 radical (unpaired) electrons. The van der Waals surface area contributed by atoms with Crippen LogP contribution in [0.25, 0.3) is 0 Å². The van der Waals surface area contributed by atoms with Crippen LogP contribution < -0.4 is 0 Å². The molecule has 0 atom stereocenters. The fourth-order valence-corrected chi connectivity index (χ4v) is 1.28. The Bertz CT molecular complexity index is 319. The molecular formula is C12H16ClF3. The van der Waals surface area contributed by atoms with Gasteiger partial charge in [-0.3, -0.25) is 0 Å². The molecule has 0 aromatic heterocycles. The summed E-state index contributed by atoms with van der Waals surface area (Å²) in [6.45, 7) is 6.03. The molecule has 4 heteroatoms. The Balaban J connectivity index is 0.000000673. The zero-order valence-electron chi connectivity index (χ0n) is 9.66. The van der Waals surface area contributed by atoms with Crippen LogP contribution in [0.15, 0.2) is 18.2 Å². The number of alkyl halides is 3. The molecule has 0 unspecified atom stereocenters. The van der Waals surface area contributed by atoms with Gasteiger partial charge in [-0.25, -0.2) is 0 Å². The Morgan fingerprint density at radius 2 is 1.56 bits per heavy atom. The second kappa shape index (κ2) is 6.79. The Labute approximate surface area is 99.4 Å². The average molecular weight is 253 g/mol. The van der Waals surface area contributed by atoms with E-state index in [0.717, 1.165) is 12.1 Å². The molecule has 16 heavy (non-hydrogen) atoms. The lowest BCUT2D eigenvalue weighted by atomic mass is 10.1. The second-order valence-corrected chi connectivity index (χ2v) is 3.84. The molecule has 1 rings (SSSR count). The first kappa shape index (κ1) is 15.3. The Morgan fingerprint density at radius 3 is 1.94 bits per heavy atom. The quantitative estimate of drug-likeness (QED) is 0.633. The van der Waals surface area contributed by atoms with Gasteiger partial charge in [0.05, 0.1) is 5.56 Å². The normalized spacial score (nSPS) is 10.7. The van der Waals surface area contributed by atoms with Gasteiger partial charge >= 0.3 is 6.18 Å². The summed E-state index contributed by atoms with van der Waals surface area (Å²) in [6, 6.07) is 3.59. The van der Waals surface area contributed by atoms with E-state index in [1.54, 1.807) is 6.92 Å². The smallest absolute Gasteiger partial charge is 0.166 e. The van der Waals surface area contributed by atoms with Crippen molar-refractivity contribution in [2.24, 2.45) is 0 Å². The summed E-state index contributed by atoms with van der Waals surface area (Å²) in [7, 11) is 0. The van der Waals surface area contributed by atoms with Crippen LogP contribution in [0.1, 0.15) is 38.3 Å². The molecule has 1 aromatic carbocycles. The molecule has 0 fully saturated rings. The molecule has 1 aromatic rings. The molecule has 0 nitrogen and oxygen atoms in total. The molecule has 0 bridgehead atoms. The monoisotopic (exact) mass is 252 g/mol.